The second-order valence-corrected chi connectivity index (χ2v) is 6.69. The second-order valence-electron chi connectivity index (χ2n) is 6.69. The van der Waals surface area contributed by atoms with Gasteiger partial charge in [0.25, 0.3) is 0 Å². The summed E-state index contributed by atoms with van der Waals surface area (Å²) in [7, 11) is 1.61. The van der Waals surface area contributed by atoms with Crippen LogP contribution in [-0.2, 0) is 9.59 Å². The van der Waals surface area contributed by atoms with Gasteiger partial charge in [0.1, 0.15) is 5.75 Å². The van der Waals surface area contributed by atoms with Crippen molar-refractivity contribution < 1.29 is 14.3 Å². The van der Waals surface area contributed by atoms with Gasteiger partial charge >= 0.3 is 0 Å². The van der Waals surface area contributed by atoms with Crippen molar-refractivity contribution >= 4 is 17.5 Å². The fourth-order valence-electron chi connectivity index (χ4n) is 3.48. The molecule has 0 bridgehead atoms. The van der Waals surface area contributed by atoms with Crippen molar-refractivity contribution in [1.29, 1.82) is 0 Å². The maximum absolute atomic E-state index is 12.5. The molecule has 1 aromatic carbocycles. The van der Waals surface area contributed by atoms with Gasteiger partial charge in [-0.3, -0.25) is 9.59 Å². The lowest BCUT2D eigenvalue weighted by atomic mass is 9.99. The third-order valence-corrected chi connectivity index (χ3v) is 4.85. The Labute approximate surface area is 142 Å². The average Bonchev–Trinajstić information content (AvgIpc) is 2.97. The molecule has 0 aromatic heterocycles. The fourth-order valence-corrected chi connectivity index (χ4v) is 3.48. The summed E-state index contributed by atoms with van der Waals surface area (Å²) < 4.78 is 5.14. The Balaban J connectivity index is 1.60. The van der Waals surface area contributed by atoms with E-state index in [2.05, 4.69) is 17.6 Å². The molecule has 2 fully saturated rings. The predicted molar refractivity (Wildman–Crippen MR) is 92.1 cm³/mol. The molecule has 2 heterocycles. The van der Waals surface area contributed by atoms with Gasteiger partial charge in [-0.25, -0.2) is 0 Å². The van der Waals surface area contributed by atoms with E-state index in [1.165, 1.54) is 0 Å². The lowest BCUT2D eigenvalue weighted by molar-refractivity contribution is -0.127. The van der Waals surface area contributed by atoms with E-state index in [1.807, 2.05) is 24.3 Å². The van der Waals surface area contributed by atoms with Crippen molar-refractivity contribution in [3.8, 4) is 5.75 Å². The number of nitrogens with one attached hydrogen (secondary N) is 2. The zero-order valence-electron chi connectivity index (χ0n) is 14.2. The minimum Gasteiger partial charge on any atom is -0.497 e. The van der Waals surface area contributed by atoms with Crippen LogP contribution in [-0.4, -0.2) is 44.1 Å². The van der Waals surface area contributed by atoms with Gasteiger partial charge in [0.2, 0.25) is 11.8 Å². The number of piperidine rings is 1. The van der Waals surface area contributed by atoms with Crippen LogP contribution < -0.4 is 20.3 Å². The van der Waals surface area contributed by atoms with Gasteiger partial charge in [-0.2, -0.15) is 0 Å². The highest BCUT2D eigenvalue weighted by Gasteiger charge is 2.36. The molecule has 6 heteroatoms. The van der Waals surface area contributed by atoms with Crippen molar-refractivity contribution in [3.05, 3.63) is 24.3 Å². The summed E-state index contributed by atoms with van der Waals surface area (Å²) >= 11 is 0. The summed E-state index contributed by atoms with van der Waals surface area (Å²) in [5.41, 5.74) is 0.812. The highest BCUT2D eigenvalue weighted by Crippen LogP contribution is 2.27. The number of carbonyl (C=O) groups excluding carboxylic acids is 2. The standard InChI is InChI=1S/C18H25N3O3/c1-12-9-14(7-8-19-12)20-18(23)13-10-17(22)21(11-13)15-3-5-16(24-2)6-4-15/h3-6,12-14,19H,7-11H2,1-2H3,(H,20,23). The van der Waals surface area contributed by atoms with Crippen molar-refractivity contribution in [2.45, 2.75) is 38.3 Å². The summed E-state index contributed by atoms with van der Waals surface area (Å²) in [6, 6.07) is 7.99. The van der Waals surface area contributed by atoms with Crippen LogP contribution in [0.3, 0.4) is 0 Å². The number of hydrogen-bond acceptors (Lipinski definition) is 4. The zero-order valence-corrected chi connectivity index (χ0v) is 14.2. The number of amides is 2. The van der Waals surface area contributed by atoms with Crippen molar-refractivity contribution in [2.75, 3.05) is 25.1 Å². The highest BCUT2D eigenvalue weighted by molar-refractivity contribution is 6.00. The number of benzene rings is 1. The summed E-state index contributed by atoms with van der Waals surface area (Å²) in [4.78, 5) is 26.5. The lowest BCUT2D eigenvalue weighted by Gasteiger charge is -2.29. The SMILES string of the molecule is COc1ccc(N2CC(C(=O)NC3CCNC(C)C3)CC2=O)cc1. The molecule has 2 aliphatic heterocycles. The fraction of sp³-hybridized carbons (Fsp3) is 0.556. The number of hydrogen-bond donors (Lipinski definition) is 2. The Morgan fingerprint density at radius 3 is 2.75 bits per heavy atom. The van der Waals surface area contributed by atoms with Crippen LogP contribution in [0.4, 0.5) is 5.69 Å². The van der Waals surface area contributed by atoms with E-state index in [-0.39, 0.29) is 30.2 Å². The van der Waals surface area contributed by atoms with Crippen LogP contribution in [0.2, 0.25) is 0 Å². The van der Waals surface area contributed by atoms with E-state index in [4.69, 9.17) is 4.74 Å². The number of carbonyl (C=O) groups is 2. The minimum absolute atomic E-state index is 0.000930. The van der Waals surface area contributed by atoms with Gasteiger partial charge in [-0.05, 0) is 50.6 Å². The molecule has 3 unspecified atom stereocenters. The first kappa shape index (κ1) is 16.8. The van der Waals surface area contributed by atoms with Crippen molar-refractivity contribution in [3.63, 3.8) is 0 Å². The van der Waals surface area contributed by atoms with Crippen LogP contribution >= 0.6 is 0 Å². The van der Waals surface area contributed by atoms with Gasteiger partial charge < -0.3 is 20.3 Å². The van der Waals surface area contributed by atoms with E-state index in [1.54, 1.807) is 12.0 Å². The number of anilines is 1. The average molecular weight is 331 g/mol. The van der Waals surface area contributed by atoms with Crippen molar-refractivity contribution in [2.24, 2.45) is 5.92 Å². The summed E-state index contributed by atoms with van der Waals surface area (Å²) in [6.45, 7) is 3.49. The van der Waals surface area contributed by atoms with Crippen molar-refractivity contribution in [1.82, 2.24) is 10.6 Å². The third-order valence-electron chi connectivity index (χ3n) is 4.85. The number of ether oxygens (including phenoxy) is 1. The van der Waals surface area contributed by atoms with E-state index in [9.17, 15) is 9.59 Å². The Hall–Kier alpha value is -2.08. The molecule has 0 radical (unpaired) electrons. The minimum atomic E-state index is -0.273. The smallest absolute Gasteiger partial charge is 0.227 e. The second kappa shape index (κ2) is 7.21. The molecule has 3 rings (SSSR count). The first-order valence-corrected chi connectivity index (χ1v) is 8.55. The van der Waals surface area contributed by atoms with Crippen LogP contribution in [0.1, 0.15) is 26.2 Å². The molecule has 0 saturated carbocycles. The van der Waals surface area contributed by atoms with Crippen LogP contribution in [0.5, 0.6) is 5.75 Å². The van der Waals surface area contributed by atoms with Gasteiger partial charge in [-0.1, -0.05) is 0 Å². The molecular formula is C18H25N3O3. The topological polar surface area (TPSA) is 70.7 Å². The molecule has 6 nitrogen and oxygen atoms in total. The molecule has 2 amide bonds. The summed E-state index contributed by atoms with van der Waals surface area (Å²) in [6.07, 6.45) is 2.16. The molecular weight excluding hydrogens is 306 g/mol. The zero-order chi connectivity index (χ0) is 17.1. The maximum atomic E-state index is 12.5. The highest BCUT2D eigenvalue weighted by atomic mass is 16.5. The summed E-state index contributed by atoms with van der Waals surface area (Å²) in [5, 5.41) is 6.50. The molecule has 0 spiro atoms. The number of methoxy groups -OCH3 is 1. The van der Waals surface area contributed by atoms with Crippen LogP contribution in [0.25, 0.3) is 0 Å². The molecule has 2 N–H and O–H groups in total. The largest absolute Gasteiger partial charge is 0.497 e. The lowest BCUT2D eigenvalue weighted by Crippen LogP contribution is -2.48. The van der Waals surface area contributed by atoms with E-state index >= 15 is 0 Å². The normalized spacial score (nSPS) is 27.2. The van der Waals surface area contributed by atoms with Crippen LogP contribution in [0, 0.1) is 5.92 Å². The Morgan fingerprint density at radius 2 is 2.08 bits per heavy atom. The molecule has 2 aliphatic rings. The Morgan fingerprint density at radius 1 is 1.33 bits per heavy atom. The maximum Gasteiger partial charge on any atom is 0.227 e. The molecule has 3 atom stereocenters. The van der Waals surface area contributed by atoms with E-state index in [0.717, 1.165) is 30.8 Å². The summed E-state index contributed by atoms with van der Waals surface area (Å²) in [5.74, 6) is 0.474. The quantitative estimate of drug-likeness (QED) is 0.873. The first-order valence-electron chi connectivity index (χ1n) is 8.55. The van der Waals surface area contributed by atoms with E-state index in [0.29, 0.717) is 12.6 Å². The number of rotatable bonds is 4. The monoisotopic (exact) mass is 331 g/mol. The van der Waals surface area contributed by atoms with E-state index < -0.39 is 0 Å². The third kappa shape index (κ3) is 3.70. The molecule has 24 heavy (non-hydrogen) atoms. The molecule has 130 valence electrons. The predicted octanol–water partition coefficient (Wildman–Crippen LogP) is 1.30. The van der Waals surface area contributed by atoms with Gasteiger partial charge in [0.05, 0.1) is 13.0 Å². The number of nitrogens with zero attached hydrogens (tertiary/aromatic N) is 1. The molecule has 1 aromatic rings. The Bertz CT molecular complexity index is 602. The van der Waals surface area contributed by atoms with Gasteiger partial charge in [0, 0.05) is 30.7 Å². The first-order chi connectivity index (χ1) is 11.6. The molecule has 0 aliphatic carbocycles. The van der Waals surface area contributed by atoms with Gasteiger partial charge in [0.15, 0.2) is 0 Å². The van der Waals surface area contributed by atoms with Crippen LogP contribution in [0.15, 0.2) is 24.3 Å². The Kier molecular flexibility index (Phi) is 5.04. The molecule has 2 saturated heterocycles. The van der Waals surface area contributed by atoms with Gasteiger partial charge in [-0.15, -0.1) is 0 Å².